The number of carbonyl (C=O) groups is 1. The lowest BCUT2D eigenvalue weighted by Gasteiger charge is -2.43. The number of likely N-dealkylation sites (tertiary alicyclic amines) is 1. The van der Waals surface area contributed by atoms with E-state index in [0.29, 0.717) is 5.91 Å². The molecule has 5 rings (SSSR count). The predicted octanol–water partition coefficient (Wildman–Crippen LogP) is 3.70. The van der Waals surface area contributed by atoms with Gasteiger partial charge in [-0.2, -0.15) is 0 Å². The van der Waals surface area contributed by atoms with Crippen LogP contribution in [0.4, 0.5) is 0 Å². The standard InChI is InChI=1S/C21H21NO2/c23-20(15-10-11-15)22-13-12-21(16-6-2-1-3-7-16)18(14-22)17-8-4-5-9-19(17)24-21/h1-9,15,18H,10-14H2. The van der Waals surface area contributed by atoms with Gasteiger partial charge >= 0.3 is 0 Å². The molecule has 0 N–H and O–H groups in total. The largest absolute Gasteiger partial charge is 0.481 e. The summed E-state index contributed by atoms with van der Waals surface area (Å²) < 4.78 is 6.55. The van der Waals surface area contributed by atoms with Gasteiger partial charge in [-0.05, 0) is 24.5 Å². The third-order valence-electron chi connectivity index (χ3n) is 5.81. The lowest BCUT2D eigenvalue weighted by molar-refractivity contribution is -0.136. The van der Waals surface area contributed by atoms with Crippen LogP contribution in [0.5, 0.6) is 5.75 Å². The molecule has 0 aromatic heterocycles. The Morgan fingerprint density at radius 1 is 1.04 bits per heavy atom. The van der Waals surface area contributed by atoms with Gasteiger partial charge in [0.1, 0.15) is 11.4 Å². The van der Waals surface area contributed by atoms with Crippen molar-refractivity contribution < 1.29 is 9.53 Å². The zero-order chi connectivity index (χ0) is 16.1. The van der Waals surface area contributed by atoms with Gasteiger partial charge in [-0.15, -0.1) is 0 Å². The zero-order valence-electron chi connectivity index (χ0n) is 13.7. The molecule has 0 spiro atoms. The van der Waals surface area contributed by atoms with Crippen LogP contribution >= 0.6 is 0 Å². The normalized spacial score (nSPS) is 28.0. The highest BCUT2D eigenvalue weighted by molar-refractivity contribution is 5.81. The van der Waals surface area contributed by atoms with Crippen molar-refractivity contribution in [2.75, 3.05) is 13.1 Å². The molecule has 122 valence electrons. The SMILES string of the molecule is O=C(C1CC1)N1CCC2(c3ccccc3)Oc3ccccc3C2C1. The Morgan fingerprint density at radius 2 is 1.79 bits per heavy atom. The van der Waals surface area contributed by atoms with Gasteiger partial charge < -0.3 is 9.64 Å². The maximum atomic E-state index is 12.6. The molecule has 0 bridgehead atoms. The summed E-state index contributed by atoms with van der Waals surface area (Å²) in [6, 6.07) is 18.9. The predicted molar refractivity (Wildman–Crippen MR) is 91.9 cm³/mol. The van der Waals surface area contributed by atoms with E-state index in [1.54, 1.807) is 0 Å². The molecule has 2 heterocycles. The molecule has 3 heteroatoms. The van der Waals surface area contributed by atoms with Crippen molar-refractivity contribution >= 4 is 5.91 Å². The fraction of sp³-hybridized carbons (Fsp3) is 0.381. The fourth-order valence-electron chi connectivity index (χ4n) is 4.38. The van der Waals surface area contributed by atoms with Gasteiger partial charge in [0.05, 0.1) is 0 Å². The van der Waals surface area contributed by atoms with Crippen molar-refractivity contribution in [2.45, 2.75) is 30.8 Å². The fourth-order valence-corrected chi connectivity index (χ4v) is 4.38. The van der Waals surface area contributed by atoms with E-state index in [0.717, 1.165) is 38.1 Å². The van der Waals surface area contributed by atoms with Crippen LogP contribution in [0.2, 0.25) is 0 Å². The second kappa shape index (κ2) is 5.10. The van der Waals surface area contributed by atoms with Crippen molar-refractivity contribution in [3.05, 3.63) is 65.7 Å². The number of amides is 1. The summed E-state index contributed by atoms with van der Waals surface area (Å²) in [5, 5.41) is 0. The zero-order valence-corrected chi connectivity index (χ0v) is 13.7. The molecule has 1 aliphatic carbocycles. The highest BCUT2D eigenvalue weighted by Crippen LogP contribution is 2.54. The van der Waals surface area contributed by atoms with Crippen LogP contribution in [-0.4, -0.2) is 23.9 Å². The number of ether oxygens (including phenoxy) is 1. The van der Waals surface area contributed by atoms with Gasteiger partial charge in [0.2, 0.25) is 5.91 Å². The van der Waals surface area contributed by atoms with E-state index in [9.17, 15) is 4.79 Å². The Hall–Kier alpha value is -2.29. The third kappa shape index (κ3) is 2.00. The molecular weight excluding hydrogens is 298 g/mol. The van der Waals surface area contributed by atoms with Crippen molar-refractivity contribution in [1.82, 2.24) is 4.90 Å². The summed E-state index contributed by atoms with van der Waals surface area (Å²) in [6.45, 7) is 1.55. The van der Waals surface area contributed by atoms with Crippen LogP contribution in [0.1, 0.15) is 36.3 Å². The van der Waals surface area contributed by atoms with Crippen LogP contribution in [0.3, 0.4) is 0 Å². The summed E-state index contributed by atoms with van der Waals surface area (Å²) >= 11 is 0. The van der Waals surface area contributed by atoms with Gasteiger partial charge in [-0.25, -0.2) is 0 Å². The molecule has 1 saturated heterocycles. The van der Waals surface area contributed by atoms with Gasteiger partial charge in [-0.1, -0.05) is 48.5 Å². The molecule has 2 aliphatic heterocycles. The lowest BCUT2D eigenvalue weighted by atomic mass is 9.74. The summed E-state index contributed by atoms with van der Waals surface area (Å²) in [5.74, 6) is 1.83. The summed E-state index contributed by atoms with van der Waals surface area (Å²) in [5.41, 5.74) is 2.14. The Labute approximate surface area is 142 Å². The molecule has 2 aromatic carbocycles. The van der Waals surface area contributed by atoms with Crippen LogP contribution in [0.15, 0.2) is 54.6 Å². The Bertz CT molecular complexity index is 783. The molecule has 3 nitrogen and oxygen atoms in total. The highest BCUT2D eigenvalue weighted by atomic mass is 16.5. The van der Waals surface area contributed by atoms with E-state index < -0.39 is 0 Å². The second-order valence-electron chi connectivity index (χ2n) is 7.26. The molecule has 2 fully saturated rings. The van der Waals surface area contributed by atoms with Crippen LogP contribution in [0, 0.1) is 5.92 Å². The van der Waals surface area contributed by atoms with Gasteiger partial charge in [0, 0.05) is 36.9 Å². The minimum atomic E-state index is -0.328. The summed E-state index contributed by atoms with van der Waals surface area (Å²) in [4.78, 5) is 14.7. The molecule has 1 amide bonds. The number of nitrogens with zero attached hydrogens (tertiary/aromatic N) is 1. The molecule has 1 saturated carbocycles. The van der Waals surface area contributed by atoms with Crippen molar-refractivity contribution in [3.8, 4) is 5.75 Å². The first-order chi connectivity index (χ1) is 11.8. The van der Waals surface area contributed by atoms with E-state index in [2.05, 4.69) is 47.4 Å². The van der Waals surface area contributed by atoms with E-state index in [-0.39, 0.29) is 17.4 Å². The van der Waals surface area contributed by atoms with Crippen molar-refractivity contribution in [3.63, 3.8) is 0 Å². The number of para-hydroxylation sites is 1. The minimum Gasteiger partial charge on any atom is -0.481 e. The minimum absolute atomic E-state index is 0.215. The topological polar surface area (TPSA) is 29.5 Å². The lowest BCUT2D eigenvalue weighted by Crippen LogP contribution is -2.51. The maximum absolute atomic E-state index is 12.6. The van der Waals surface area contributed by atoms with Crippen LogP contribution in [-0.2, 0) is 10.4 Å². The smallest absolute Gasteiger partial charge is 0.225 e. The second-order valence-corrected chi connectivity index (χ2v) is 7.26. The van der Waals surface area contributed by atoms with Crippen molar-refractivity contribution in [1.29, 1.82) is 0 Å². The molecular formula is C21H21NO2. The van der Waals surface area contributed by atoms with E-state index in [1.165, 1.54) is 11.1 Å². The molecule has 2 atom stereocenters. The number of hydrogen-bond donors (Lipinski definition) is 0. The monoisotopic (exact) mass is 319 g/mol. The van der Waals surface area contributed by atoms with Crippen molar-refractivity contribution in [2.24, 2.45) is 5.92 Å². The summed E-state index contributed by atoms with van der Waals surface area (Å²) in [6.07, 6.45) is 2.99. The van der Waals surface area contributed by atoms with Crippen LogP contribution < -0.4 is 4.74 Å². The number of fused-ring (bicyclic) bond motifs is 3. The maximum Gasteiger partial charge on any atom is 0.225 e. The van der Waals surface area contributed by atoms with Gasteiger partial charge in [-0.3, -0.25) is 4.79 Å². The van der Waals surface area contributed by atoms with Gasteiger partial charge in [0.25, 0.3) is 0 Å². The Balaban J connectivity index is 1.56. The van der Waals surface area contributed by atoms with E-state index in [1.807, 2.05) is 12.1 Å². The highest BCUT2D eigenvalue weighted by Gasteiger charge is 2.53. The van der Waals surface area contributed by atoms with E-state index in [4.69, 9.17) is 4.74 Å². The Morgan fingerprint density at radius 3 is 2.58 bits per heavy atom. The van der Waals surface area contributed by atoms with E-state index >= 15 is 0 Å². The molecule has 2 unspecified atom stereocenters. The number of rotatable bonds is 2. The third-order valence-corrected chi connectivity index (χ3v) is 5.81. The quantitative estimate of drug-likeness (QED) is 0.845. The molecule has 2 aromatic rings. The average molecular weight is 319 g/mol. The molecule has 0 radical (unpaired) electrons. The van der Waals surface area contributed by atoms with Gasteiger partial charge in [0.15, 0.2) is 0 Å². The summed E-state index contributed by atoms with van der Waals surface area (Å²) in [7, 11) is 0. The number of benzene rings is 2. The first-order valence-electron chi connectivity index (χ1n) is 8.90. The van der Waals surface area contributed by atoms with Crippen LogP contribution in [0.25, 0.3) is 0 Å². The first kappa shape index (κ1) is 14.1. The molecule has 3 aliphatic rings. The average Bonchev–Trinajstić information content (AvgIpc) is 3.43. The first-order valence-corrected chi connectivity index (χ1v) is 8.90. The Kier molecular flexibility index (Phi) is 2.99. The number of hydrogen-bond acceptors (Lipinski definition) is 2. The number of carbonyl (C=O) groups excluding carboxylic acids is 1. The number of piperidine rings is 1. The molecule has 24 heavy (non-hydrogen) atoms.